The molecule has 2 unspecified atom stereocenters. The first-order chi connectivity index (χ1) is 7.79. The maximum Gasteiger partial charge on any atom is 0.169 e. The molecule has 1 aromatic rings. The van der Waals surface area contributed by atoms with E-state index in [9.17, 15) is 0 Å². The molecule has 3 nitrogen and oxygen atoms in total. The minimum Gasteiger partial charge on any atom is -0.453 e. The Morgan fingerprint density at radius 1 is 1.56 bits per heavy atom. The van der Waals surface area contributed by atoms with Crippen molar-refractivity contribution in [1.29, 1.82) is 0 Å². The standard InChI is InChI=1S/C12H18BrNO2/c1-14-10(11-6-7-12(13)16-11)5-4-9-3-2-8-15-9/h6-7,9-10,14H,2-5,8H2,1H3. The number of hydrogen-bond acceptors (Lipinski definition) is 3. The summed E-state index contributed by atoms with van der Waals surface area (Å²) < 4.78 is 12.0. The van der Waals surface area contributed by atoms with Crippen LogP contribution >= 0.6 is 15.9 Å². The molecule has 2 atom stereocenters. The van der Waals surface area contributed by atoms with Crippen LogP contribution in [0.1, 0.15) is 37.5 Å². The Balaban J connectivity index is 1.85. The second kappa shape index (κ2) is 5.84. The Labute approximate surface area is 105 Å². The third-order valence-electron chi connectivity index (χ3n) is 3.09. The molecule has 1 saturated heterocycles. The zero-order valence-electron chi connectivity index (χ0n) is 9.54. The number of furan rings is 1. The van der Waals surface area contributed by atoms with Gasteiger partial charge in [0.25, 0.3) is 0 Å². The first-order valence-electron chi connectivity index (χ1n) is 5.83. The lowest BCUT2D eigenvalue weighted by Gasteiger charge is -2.16. The van der Waals surface area contributed by atoms with Gasteiger partial charge in [-0.2, -0.15) is 0 Å². The highest BCUT2D eigenvalue weighted by molar-refractivity contribution is 9.10. The van der Waals surface area contributed by atoms with Gasteiger partial charge in [0.2, 0.25) is 0 Å². The summed E-state index contributed by atoms with van der Waals surface area (Å²) in [6.45, 7) is 0.932. The summed E-state index contributed by atoms with van der Waals surface area (Å²) in [4.78, 5) is 0. The van der Waals surface area contributed by atoms with Crippen molar-refractivity contribution in [3.8, 4) is 0 Å². The van der Waals surface area contributed by atoms with Crippen molar-refractivity contribution in [2.24, 2.45) is 0 Å². The molecule has 1 aliphatic heterocycles. The Kier molecular flexibility index (Phi) is 4.44. The van der Waals surface area contributed by atoms with Gasteiger partial charge in [-0.25, -0.2) is 0 Å². The third kappa shape index (κ3) is 3.09. The molecule has 1 N–H and O–H groups in total. The smallest absolute Gasteiger partial charge is 0.169 e. The predicted octanol–water partition coefficient (Wildman–Crippen LogP) is 3.26. The van der Waals surface area contributed by atoms with Crippen LogP contribution in [0.3, 0.4) is 0 Å². The fourth-order valence-electron chi connectivity index (χ4n) is 2.17. The summed E-state index contributed by atoms with van der Waals surface area (Å²) in [6, 6.07) is 4.24. The van der Waals surface area contributed by atoms with Gasteiger partial charge in [0.15, 0.2) is 4.67 Å². The highest BCUT2D eigenvalue weighted by Crippen LogP contribution is 2.26. The molecule has 4 heteroatoms. The van der Waals surface area contributed by atoms with Crippen molar-refractivity contribution in [3.63, 3.8) is 0 Å². The zero-order chi connectivity index (χ0) is 11.4. The van der Waals surface area contributed by atoms with Crippen LogP contribution in [0.25, 0.3) is 0 Å². The Hall–Kier alpha value is -0.320. The van der Waals surface area contributed by atoms with Crippen LogP contribution in [0.15, 0.2) is 21.2 Å². The molecule has 0 amide bonds. The Bertz CT molecular complexity index is 321. The van der Waals surface area contributed by atoms with E-state index in [1.807, 2.05) is 19.2 Å². The van der Waals surface area contributed by atoms with Gasteiger partial charge in [-0.3, -0.25) is 0 Å². The molecule has 2 rings (SSSR count). The highest BCUT2D eigenvalue weighted by atomic mass is 79.9. The number of halogens is 1. The van der Waals surface area contributed by atoms with Crippen LogP contribution in [0, 0.1) is 0 Å². The summed E-state index contributed by atoms with van der Waals surface area (Å²) in [5.74, 6) is 0.993. The molecule has 1 aromatic heterocycles. The zero-order valence-corrected chi connectivity index (χ0v) is 11.1. The summed E-state index contributed by atoms with van der Waals surface area (Å²) in [7, 11) is 1.97. The molecular weight excluding hydrogens is 270 g/mol. The van der Waals surface area contributed by atoms with E-state index >= 15 is 0 Å². The lowest BCUT2D eigenvalue weighted by Crippen LogP contribution is -2.18. The minimum atomic E-state index is 0.287. The number of nitrogens with one attached hydrogen (secondary N) is 1. The van der Waals surface area contributed by atoms with Gasteiger partial charge in [0.1, 0.15) is 5.76 Å². The normalized spacial score (nSPS) is 22.5. The topological polar surface area (TPSA) is 34.4 Å². The van der Waals surface area contributed by atoms with E-state index in [4.69, 9.17) is 9.15 Å². The maximum absolute atomic E-state index is 5.62. The van der Waals surface area contributed by atoms with Gasteiger partial charge in [-0.15, -0.1) is 0 Å². The van der Waals surface area contributed by atoms with Crippen LogP contribution in [0.5, 0.6) is 0 Å². The molecular formula is C12H18BrNO2. The molecule has 0 aromatic carbocycles. The molecule has 16 heavy (non-hydrogen) atoms. The fraction of sp³-hybridized carbons (Fsp3) is 0.667. The van der Waals surface area contributed by atoms with Crippen LogP contribution in [-0.4, -0.2) is 19.8 Å². The second-order valence-electron chi connectivity index (χ2n) is 4.20. The van der Waals surface area contributed by atoms with Crippen LogP contribution in [0.2, 0.25) is 0 Å². The Morgan fingerprint density at radius 3 is 3.00 bits per heavy atom. The van der Waals surface area contributed by atoms with E-state index in [0.29, 0.717) is 6.10 Å². The van der Waals surface area contributed by atoms with Crippen molar-refractivity contribution in [1.82, 2.24) is 5.32 Å². The van der Waals surface area contributed by atoms with E-state index in [-0.39, 0.29) is 6.04 Å². The van der Waals surface area contributed by atoms with E-state index in [1.54, 1.807) is 0 Å². The molecule has 1 fully saturated rings. The van der Waals surface area contributed by atoms with Crippen LogP contribution in [0.4, 0.5) is 0 Å². The van der Waals surface area contributed by atoms with Crippen molar-refractivity contribution in [3.05, 3.63) is 22.6 Å². The average Bonchev–Trinajstić information content (AvgIpc) is 2.91. The summed E-state index contributed by atoms with van der Waals surface area (Å²) >= 11 is 3.33. The van der Waals surface area contributed by atoms with Gasteiger partial charge in [0, 0.05) is 6.61 Å². The largest absolute Gasteiger partial charge is 0.453 e. The fourth-order valence-corrected chi connectivity index (χ4v) is 2.49. The molecule has 0 aliphatic carbocycles. The van der Waals surface area contributed by atoms with Crippen molar-refractivity contribution >= 4 is 15.9 Å². The molecule has 2 heterocycles. The van der Waals surface area contributed by atoms with E-state index in [2.05, 4.69) is 21.2 Å². The SMILES string of the molecule is CNC(CCC1CCCO1)c1ccc(Br)o1. The monoisotopic (exact) mass is 287 g/mol. The van der Waals surface area contributed by atoms with Crippen molar-refractivity contribution in [2.75, 3.05) is 13.7 Å². The molecule has 90 valence electrons. The third-order valence-corrected chi connectivity index (χ3v) is 3.51. The van der Waals surface area contributed by atoms with Crippen molar-refractivity contribution in [2.45, 2.75) is 37.8 Å². The number of ether oxygens (including phenoxy) is 1. The predicted molar refractivity (Wildman–Crippen MR) is 66.4 cm³/mol. The van der Waals surface area contributed by atoms with Crippen molar-refractivity contribution < 1.29 is 9.15 Å². The highest BCUT2D eigenvalue weighted by Gasteiger charge is 2.19. The summed E-state index contributed by atoms with van der Waals surface area (Å²) in [5.41, 5.74) is 0. The lowest BCUT2D eigenvalue weighted by molar-refractivity contribution is 0.0991. The molecule has 0 bridgehead atoms. The molecule has 0 spiro atoms. The number of hydrogen-bond donors (Lipinski definition) is 1. The lowest BCUT2D eigenvalue weighted by atomic mass is 10.0. The summed E-state index contributed by atoms with van der Waals surface area (Å²) in [5, 5.41) is 3.29. The molecule has 0 saturated carbocycles. The van der Waals surface area contributed by atoms with Crippen LogP contribution in [-0.2, 0) is 4.74 Å². The summed E-state index contributed by atoms with van der Waals surface area (Å²) in [6.07, 6.45) is 5.03. The van der Waals surface area contributed by atoms with E-state index in [1.165, 1.54) is 12.8 Å². The van der Waals surface area contributed by atoms with Gasteiger partial charge in [0.05, 0.1) is 12.1 Å². The van der Waals surface area contributed by atoms with Crippen LogP contribution < -0.4 is 5.32 Å². The quantitative estimate of drug-likeness (QED) is 0.903. The van der Waals surface area contributed by atoms with E-state index in [0.717, 1.165) is 29.9 Å². The van der Waals surface area contributed by atoms with E-state index < -0.39 is 0 Å². The molecule has 1 aliphatic rings. The Morgan fingerprint density at radius 2 is 2.44 bits per heavy atom. The van der Waals surface area contributed by atoms with Gasteiger partial charge in [-0.1, -0.05) is 0 Å². The second-order valence-corrected chi connectivity index (χ2v) is 4.98. The van der Waals surface area contributed by atoms with Gasteiger partial charge < -0.3 is 14.5 Å². The van der Waals surface area contributed by atoms with Gasteiger partial charge >= 0.3 is 0 Å². The average molecular weight is 288 g/mol. The number of rotatable bonds is 5. The first-order valence-corrected chi connectivity index (χ1v) is 6.63. The maximum atomic E-state index is 5.62. The molecule has 0 radical (unpaired) electrons. The minimum absolute atomic E-state index is 0.287. The first kappa shape index (κ1) is 12.1. The van der Waals surface area contributed by atoms with Gasteiger partial charge in [-0.05, 0) is 60.8 Å².